The molecule has 14 heavy (non-hydrogen) atoms. The molecule has 1 nitrogen and oxygen atoms in total. The number of aliphatic hydroxyl groups is 1. The van der Waals surface area contributed by atoms with Crippen LogP contribution in [0.3, 0.4) is 0 Å². The van der Waals surface area contributed by atoms with Gasteiger partial charge in [0.15, 0.2) is 0 Å². The van der Waals surface area contributed by atoms with Crippen molar-refractivity contribution in [1.82, 2.24) is 0 Å². The molecule has 1 unspecified atom stereocenters. The maximum Gasteiger partial charge on any atom is 0.123 e. The molecule has 0 aliphatic heterocycles. The predicted molar refractivity (Wildman–Crippen MR) is 59.2 cm³/mol. The maximum absolute atomic E-state index is 12.6. The van der Waals surface area contributed by atoms with Crippen molar-refractivity contribution in [3.05, 3.63) is 0 Å². The third-order valence-corrected chi connectivity index (χ3v) is 2.57. The van der Waals surface area contributed by atoms with E-state index < -0.39 is 6.17 Å². The first kappa shape index (κ1) is 13.9. The fourth-order valence-electron chi connectivity index (χ4n) is 1.59. The molecule has 0 amide bonds. The zero-order valence-electron chi connectivity index (χ0n) is 9.47. The lowest BCUT2D eigenvalue weighted by Crippen LogP contribution is -2.04. The van der Waals surface area contributed by atoms with Gasteiger partial charge < -0.3 is 5.11 Å². The predicted octanol–water partition coefficient (Wildman–Crippen LogP) is 3.85. The van der Waals surface area contributed by atoms with E-state index in [1.165, 1.54) is 38.5 Å². The van der Waals surface area contributed by atoms with Gasteiger partial charge in [-0.1, -0.05) is 58.3 Å². The van der Waals surface area contributed by atoms with E-state index in [0.29, 0.717) is 6.42 Å². The van der Waals surface area contributed by atoms with Crippen LogP contribution in [0.1, 0.15) is 64.7 Å². The van der Waals surface area contributed by atoms with Crippen molar-refractivity contribution in [2.24, 2.45) is 0 Å². The van der Waals surface area contributed by atoms with E-state index >= 15 is 0 Å². The first-order valence-corrected chi connectivity index (χ1v) is 6.06. The molecule has 0 aromatic carbocycles. The Bertz CT molecular complexity index is 106. The molecule has 0 spiro atoms. The molecule has 0 aromatic rings. The zero-order chi connectivity index (χ0) is 10.6. The molecular formula is C12H25FO. The Morgan fingerprint density at radius 2 is 1.43 bits per heavy atom. The summed E-state index contributed by atoms with van der Waals surface area (Å²) in [5, 5.41) is 8.46. The van der Waals surface area contributed by atoms with Gasteiger partial charge in [0.05, 0.1) is 6.61 Å². The summed E-state index contributed by atoms with van der Waals surface area (Å²) in [5.74, 6) is 0. The molecule has 86 valence electrons. The van der Waals surface area contributed by atoms with Crippen molar-refractivity contribution in [2.45, 2.75) is 70.9 Å². The average Bonchev–Trinajstić information content (AvgIpc) is 2.21. The minimum atomic E-state index is -0.991. The van der Waals surface area contributed by atoms with Crippen molar-refractivity contribution in [3.63, 3.8) is 0 Å². The highest BCUT2D eigenvalue weighted by Gasteiger charge is 2.02. The molecule has 0 saturated heterocycles. The van der Waals surface area contributed by atoms with Gasteiger partial charge in [0.2, 0.25) is 0 Å². The molecule has 0 aliphatic carbocycles. The monoisotopic (exact) mass is 204 g/mol. The molecule has 0 heterocycles. The highest BCUT2D eigenvalue weighted by Crippen LogP contribution is 2.11. The first-order valence-electron chi connectivity index (χ1n) is 6.06. The lowest BCUT2D eigenvalue weighted by Gasteiger charge is -2.04. The highest BCUT2D eigenvalue weighted by molar-refractivity contribution is 4.54. The lowest BCUT2D eigenvalue weighted by molar-refractivity contribution is 0.167. The Morgan fingerprint density at radius 1 is 0.929 bits per heavy atom. The fraction of sp³-hybridized carbons (Fsp3) is 1.00. The number of alkyl halides is 1. The molecular weight excluding hydrogens is 179 g/mol. The number of hydrogen-bond donors (Lipinski definition) is 1. The second kappa shape index (κ2) is 11.0. The summed E-state index contributed by atoms with van der Waals surface area (Å²) in [5.41, 5.74) is 0. The quantitative estimate of drug-likeness (QED) is 0.536. The van der Waals surface area contributed by atoms with E-state index in [1.54, 1.807) is 0 Å². The van der Waals surface area contributed by atoms with Crippen LogP contribution in [0.4, 0.5) is 4.39 Å². The van der Waals surface area contributed by atoms with Crippen LogP contribution in [0.25, 0.3) is 0 Å². The lowest BCUT2D eigenvalue weighted by atomic mass is 10.1. The van der Waals surface area contributed by atoms with Crippen molar-refractivity contribution in [3.8, 4) is 0 Å². The van der Waals surface area contributed by atoms with Crippen molar-refractivity contribution < 1.29 is 9.50 Å². The third-order valence-electron chi connectivity index (χ3n) is 2.57. The van der Waals surface area contributed by atoms with Gasteiger partial charge in [0, 0.05) is 0 Å². The van der Waals surface area contributed by atoms with Crippen molar-refractivity contribution in [2.75, 3.05) is 6.61 Å². The van der Waals surface area contributed by atoms with Gasteiger partial charge in [-0.25, -0.2) is 4.39 Å². The van der Waals surface area contributed by atoms with Gasteiger partial charge in [0.1, 0.15) is 6.17 Å². The van der Waals surface area contributed by atoms with E-state index in [2.05, 4.69) is 6.92 Å². The SMILES string of the molecule is CCCCCCCCCCC(F)CO. The Kier molecular flexibility index (Phi) is 10.9. The highest BCUT2D eigenvalue weighted by atomic mass is 19.1. The second-order valence-electron chi connectivity index (χ2n) is 4.04. The molecule has 0 fully saturated rings. The van der Waals surface area contributed by atoms with Gasteiger partial charge in [-0.15, -0.1) is 0 Å². The van der Waals surface area contributed by atoms with E-state index in [1.807, 2.05) is 0 Å². The summed E-state index contributed by atoms with van der Waals surface area (Å²) in [4.78, 5) is 0. The third kappa shape index (κ3) is 9.97. The standard InChI is InChI=1S/C12H25FO/c1-2-3-4-5-6-7-8-9-10-12(13)11-14/h12,14H,2-11H2,1H3. The Labute approximate surface area is 87.7 Å². The molecule has 2 heteroatoms. The van der Waals surface area contributed by atoms with Crippen LogP contribution in [0.5, 0.6) is 0 Å². The molecule has 0 aliphatic rings. The average molecular weight is 204 g/mol. The molecule has 0 bridgehead atoms. The van der Waals surface area contributed by atoms with Crippen LogP contribution in [-0.2, 0) is 0 Å². The van der Waals surface area contributed by atoms with Crippen LogP contribution >= 0.6 is 0 Å². The summed E-state index contributed by atoms with van der Waals surface area (Å²) in [6.45, 7) is 1.91. The summed E-state index contributed by atoms with van der Waals surface area (Å²) in [6.07, 6.45) is 9.41. The van der Waals surface area contributed by atoms with Gasteiger partial charge in [0.25, 0.3) is 0 Å². The van der Waals surface area contributed by atoms with E-state index in [9.17, 15) is 4.39 Å². The fourth-order valence-corrected chi connectivity index (χ4v) is 1.59. The van der Waals surface area contributed by atoms with E-state index in [0.717, 1.165) is 12.8 Å². The van der Waals surface area contributed by atoms with Crippen LogP contribution in [0, 0.1) is 0 Å². The first-order chi connectivity index (χ1) is 6.81. The minimum Gasteiger partial charge on any atom is -0.393 e. The van der Waals surface area contributed by atoms with E-state index in [4.69, 9.17) is 5.11 Å². The minimum absolute atomic E-state index is 0.309. The number of rotatable bonds is 10. The summed E-state index contributed by atoms with van der Waals surface area (Å²) < 4.78 is 12.6. The van der Waals surface area contributed by atoms with Crippen LogP contribution in [-0.4, -0.2) is 17.9 Å². The smallest absolute Gasteiger partial charge is 0.123 e. The van der Waals surface area contributed by atoms with Gasteiger partial charge in [-0.3, -0.25) is 0 Å². The second-order valence-corrected chi connectivity index (χ2v) is 4.04. The van der Waals surface area contributed by atoms with Crippen LogP contribution in [0.2, 0.25) is 0 Å². The molecule has 1 atom stereocenters. The van der Waals surface area contributed by atoms with Crippen molar-refractivity contribution in [1.29, 1.82) is 0 Å². The van der Waals surface area contributed by atoms with Crippen LogP contribution < -0.4 is 0 Å². The van der Waals surface area contributed by atoms with Crippen molar-refractivity contribution >= 4 is 0 Å². The van der Waals surface area contributed by atoms with Gasteiger partial charge >= 0.3 is 0 Å². The largest absolute Gasteiger partial charge is 0.393 e. The number of aliphatic hydroxyl groups excluding tert-OH is 1. The summed E-state index contributed by atoms with van der Waals surface area (Å²) >= 11 is 0. The Hall–Kier alpha value is -0.110. The molecule has 0 saturated carbocycles. The summed E-state index contributed by atoms with van der Waals surface area (Å²) in [7, 11) is 0. The maximum atomic E-state index is 12.6. The molecule has 1 N–H and O–H groups in total. The zero-order valence-corrected chi connectivity index (χ0v) is 9.47. The van der Waals surface area contributed by atoms with Gasteiger partial charge in [-0.05, 0) is 6.42 Å². The topological polar surface area (TPSA) is 20.2 Å². The number of unbranched alkanes of at least 4 members (excludes halogenated alkanes) is 7. The molecule has 0 aromatic heterocycles. The molecule has 0 rings (SSSR count). The number of halogens is 1. The number of hydrogen-bond acceptors (Lipinski definition) is 1. The normalized spacial score (nSPS) is 13.1. The van der Waals surface area contributed by atoms with E-state index in [-0.39, 0.29) is 6.61 Å². The van der Waals surface area contributed by atoms with Crippen LogP contribution in [0.15, 0.2) is 0 Å². The Morgan fingerprint density at radius 3 is 1.93 bits per heavy atom. The summed E-state index contributed by atoms with van der Waals surface area (Å²) in [6, 6.07) is 0. The molecule has 0 radical (unpaired) electrons. The Balaban J connectivity index is 2.92. The van der Waals surface area contributed by atoms with Gasteiger partial charge in [-0.2, -0.15) is 0 Å².